The molecule has 2 unspecified atom stereocenters. The second-order valence-corrected chi connectivity index (χ2v) is 11.5. The van der Waals surface area contributed by atoms with E-state index in [1.807, 2.05) is 21.1 Å². The highest BCUT2D eigenvalue weighted by atomic mass is 31.2. The smallest absolute Gasteiger partial charge is 0.389 e. The number of unbranched alkanes of at least 4 members (excludes halogenated alkanes) is 12. The van der Waals surface area contributed by atoms with Gasteiger partial charge in [-0.1, -0.05) is 84.0 Å². The number of hydrogen-bond donors (Lipinski definition) is 3. The number of nitrogens with one attached hydrogen (secondary N) is 1. The van der Waals surface area contributed by atoms with Crippen LogP contribution < -0.4 is 5.32 Å². The summed E-state index contributed by atoms with van der Waals surface area (Å²) in [6.45, 7) is 2.47. The molecule has 9 heteroatoms. The first-order chi connectivity index (χ1) is 15.6. The van der Waals surface area contributed by atoms with E-state index in [9.17, 15) is 19.4 Å². The molecular formula is C24H52N2O6P+. The number of aliphatic hydroxyl groups excluding tert-OH is 1. The maximum absolute atomic E-state index is 11.9. The van der Waals surface area contributed by atoms with Crippen LogP contribution in [0.3, 0.4) is 0 Å². The third-order valence-corrected chi connectivity index (χ3v) is 6.47. The van der Waals surface area contributed by atoms with Gasteiger partial charge in [0, 0.05) is 13.0 Å². The van der Waals surface area contributed by atoms with E-state index in [1.165, 1.54) is 64.2 Å². The van der Waals surface area contributed by atoms with Crippen LogP contribution >= 0.6 is 7.82 Å². The zero-order valence-corrected chi connectivity index (χ0v) is 22.6. The molecule has 0 aromatic heterocycles. The second-order valence-electron chi connectivity index (χ2n) is 10.1. The quantitative estimate of drug-likeness (QED) is 0.107. The molecule has 2 atom stereocenters. The van der Waals surface area contributed by atoms with Gasteiger partial charge in [0.05, 0.1) is 33.9 Å². The zero-order chi connectivity index (χ0) is 25.0. The van der Waals surface area contributed by atoms with Gasteiger partial charge in [-0.25, -0.2) is 4.57 Å². The van der Waals surface area contributed by atoms with Crippen molar-refractivity contribution in [1.82, 2.24) is 5.32 Å². The fraction of sp³-hybridized carbons (Fsp3) is 0.958. The van der Waals surface area contributed by atoms with Crippen LogP contribution in [0.15, 0.2) is 0 Å². The number of phosphoric ester groups is 1. The van der Waals surface area contributed by atoms with Crippen LogP contribution in [-0.2, 0) is 18.4 Å². The van der Waals surface area contributed by atoms with Crippen molar-refractivity contribution in [2.45, 2.75) is 103 Å². The van der Waals surface area contributed by atoms with Crippen molar-refractivity contribution in [3.63, 3.8) is 0 Å². The normalized spacial score (nSPS) is 14.7. The molecule has 0 bridgehead atoms. The molecule has 198 valence electrons. The molecule has 0 aliphatic heterocycles. The Morgan fingerprint density at radius 2 is 1.36 bits per heavy atom. The van der Waals surface area contributed by atoms with Crippen LogP contribution in [-0.4, -0.2) is 73.9 Å². The third kappa shape index (κ3) is 24.4. The van der Waals surface area contributed by atoms with Gasteiger partial charge in [-0.2, -0.15) is 0 Å². The minimum Gasteiger partial charge on any atom is -0.389 e. The van der Waals surface area contributed by atoms with Crippen molar-refractivity contribution >= 4 is 13.7 Å². The summed E-state index contributed by atoms with van der Waals surface area (Å²) in [5, 5.41) is 12.5. The fourth-order valence-electron chi connectivity index (χ4n) is 3.33. The number of quaternary nitrogens is 1. The van der Waals surface area contributed by atoms with Crippen molar-refractivity contribution in [2.75, 3.05) is 47.4 Å². The Morgan fingerprint density at radius 3 is 1.85 bits per heavy atom. The molecule has 0 radical (unpaired) electrons. The maximum Gasteiger partial charge on any atom is 0.472 e. The Labute approximate surface area is 202 Å². The van der Waals surface area contributed by atoms with E-state index in [2.05, 4.69) is 12.2 Å². The summed E-state index contributed by atoms with van der Waals surface area (Å²) >= 11 is 0. The molecule has 0 rings (SSSR count). The van der Waals surface area contributed by atoms with Gasteiger partial charge in [-0.05, 0) is 6.42 Å². The lowest BCUT2D eigenvalue weighted by atomic mass is 10.0. The van der Waals surface area contributed by atoms with E-state index in [0.29, 0.717) is 17.4 Å². The molecule has 0 aromatic rings. The van der Waals surface area contributed by atoms with E-state index in [1.54, 1.807) is 0 Å². The van der Waals surface area contributed by atoms with Crippen LogP contribution in [0.5, 0.6) is 0 Å². The topological polar surface area (TPSA) is 105 Å². The SMILES string of the molecule is CCCCCCCCCCCCCCCC(=O)NCC(O)COP(=O)(O)OCC[N+](C)(C)C. The second kappa shape index (κ2) is 19.8. The first-order valence-corrected chi connectivity index (χ1v) is 14.4. The van der Waals surface area contributed by atoms with E-state index in [-0.39, 0.29) is 25.7 Å². The number of aliphatic hydroxyl groups is 1. The molecule has 0 fully saturated rings. The molecule has 0 aliphatic rings. The predicted octanol–water partition coefficient (Wildman–Crippen LogP) is 4.78. The van der Waals surface area contributed by atoms with Crippen LogP contribution in [0, 0.1) is 0 Å². The average Bonchev–Trinajstić information content (AvgIpc) is 2.73. The number of likely N-dealkylation sites (N-methyl/N-ethyl adjacent to an activating group) is 1. The number of rotatable bonds is 23. The lowest BCUT2D eigenvalue weighted by molar-refractivity contribution is -0.870. The van der Waals surface area contributed by atoms with Gasteiger partial charge in [-0.15, -0.1) is 0 Å². The maximum atomic E-state index is 11.9. The summed E-state index contributed by atoms with van der Waals surface area (Å²) in [5.41, 5.74) is 0. The van der Waals surface area contributed by atoms with E-state index < -0.39 is 13.9 Å². The molecule has 0 aliphatic carbocycles. The van der Waals surface area contributed by atoms with Crippen LogP contribution in [0.25, 0.3) is 0 Å². The van der Waals surface area contributed by atoms with Gasteiger partial charge in [-0.3, -0.25) is 13.8 Å². The van der Waals surface area contributed by atoms with Gasteiger partial charge in [0.2, 0.25) is 5.91 Å². The standard InChI is InChI=1S/C24H51N2O6P/c1-5-6-7-8-9-10-11-12-13-14-15-16-17-18-24(28)25-21-23(27)22-32-33(29,30)31-20-19-26(2,3)4/h23,27H,5-22H2,1-4H3,(H-,25,28,29,30)/p+1. The largest absolute Gasteiger partial charge is 0.472 e. The molecule has 0 aromatic carbocycles. The van der Waals surface area contributed by atoms with Gasteiger partial charge >= 0.3 is 7.82 Å². The molecular weight excluding hydrogens is 443 g/mol. The third-order valence-electron chi connectivity index (χ3n) is 5.49. The Bertz CT molecular complexity index is 528. The highest BCUT2D eigenvalue weighted by Gasteiger charge is 2.24. The zero-order valence-electron chi connectivity index (χ0n) is 21.7. The monoisotopic (exact) mass is 495 g/mol. The van der Waals surface area contributed by atoms with Gasteiger partial charge in [0.1, 0.15) is 13.2 Å². The summed E-state index contributed by atoms with van der Waals surface area (Å²) in [6.07, 6.45) is 15.7. The molecule has 8 nitrogen and oxygen atoms in total. The van der Waals surface area contributed by atoms with Crippen molar-refractivity contribution < 1.29 is 32.9 Å². The van der Waals surface area contributed by atoms with Gasteiger partial charge in [0.15, 0.2) is 0 Å². The van der Waals surface area contributed by atoms with Crippen LogP contribution in [0.2, 0.25) is 0 Å². The number of carbonyl (C=O) groups excluding carboxylic acids is 1. The van der Waals surface area contributed by atoms with E-state index >= 15 is 0 Å². The van der Waals surface area contributed by atoms with Crippen molar-refractivity contribution in [3.05, 3.63) is 0 Å². The first-order valence-electron chi connectivity index (χ1n) is 12.9. The van der Waals surface area contributed by atoms with Gasteiger partial charge < -0.3 is 19.8 Å². The van der Waals surface area contributed by atoms with E-state index in [0.717, 1.165) is 19.3 Å². The summed E-state index contributed by atoms with van der Waals surface area (Å²) in [5.74, 6) is -0.122. The summed E-state index contributed by atoms with van der Waals surface area (Å²) in [6, 6.07) is 0. The molecule has 3 N–H and O–H groups in total. The van der Waals surface area contributed by atoms with Crippen molar-refractivity contribution in [2.24, 2.45) is 0 Å². The van der Waals surface area contributed by atoms with Crippen molar-refractivity contribution in [3.8, 4) is 0 Å². The predicted molar refractivity (Wildman–Crippen MR) is 134 cm³/mol. The molecule has 0 heterocycles. The summed E-state index contributed by atoms with van der Waals surface area (Å²) < 4.78 is 22.1. The van der Waals surface area contributed by atoms with Crippen LogP contribution in [0.4, 0.5) is 0 Å². The number of phosphoric acid groups is 1. The lowest BCUT2D eigenvalue weighted by Crippen LogP contribution is -2.37. The minimum atomic E-state index is -4.21. The van der Waals surface area contributed by atoms with E-state index in [4.69, 9.17) is 9.05 Å². The number of nitrogens with zero attached hydrogens (tertiary/aromatic N) is 1. The lowest BCUT2D eigenvalue weighted by Gasteiger charge is -2.24. The first kappa shape index (κ1) is 32.5. The Balaban J connectivity index is 3.57. The number of hydrogen-bond acceptors (Lipinski definition) is 5. The highest BCUT2D eigenvalue weighted by molar-refractivity contribution is 7.47. The van der Waals surface area contributed by atoms with Crippen LogP contribution in [0.1, 0.15) is 96.8 Å². The average molecular weight is 496 g/mol. The molecule has 1 amide bonds. The fourth-order valence-corrected chi connectivity index (χ4v) is 4.08. The number of amides is 1. The van der Waals surface area contributed by atoms with Crippen molar-refractivity contribution in [1.29, 1.82) is 0 Å². The molecule has 0 spiro atoms. The summed E-state index contributed by atoms with van der Waals surface area (Å²) in [7, 11) is 1.62. The molecule has 0 saturated heterocycles. The highest BCUT2D eigenvalue weighted by Crippen LogP contribution is 2.43. The minimum absolute atomic E-state index is 0.0177. The molecule has 33 heavy (non-hydrogen) atoms. The summed E-state index contributed by atoms with van der Waals surface area (Å²) in [4.78, 5) is 21.5. The Kier molecular flexibility index (Phi) is 19.5. The number of carbonyl (C=O) groups is 1. The molecule has 0 saturated carbocycles. The van der Waals surface area contributed by atoms with Gasteiger partial charge in [0.25, 0.3) is 0 Å². The Hall–Kier alpha value is -0.500. The Morgan fingerprint density at radius 1 is 0.879 bits per heavy atom.